The van der Waals surface area contributed by atoms with E-state index in [0.717, 1.165) is 16.6 Å². The van der Waals surface area contributed by atoms with Crippen molar-refractivity contribution in [2.75, 3.05) is 5.73 Å². The average molecular weight is 245 g/mol. The van der Waals surface area contributed by atoms with Gasteiger partial charge in [-0.15, -0.1) is 0 Å². The fourth-order valence-corrected chi connectivity index (χ4v) is 1.96. The van der Waals surface area contributed by atoms with Crippen molar-refractivity contribution in [2.45, 2.75) is 0 Å². The summed E-state index contributed by atoms with van der Waals surface area (Å²) in [5.74, 6) is 1.13. The van der Waals surface area contributed by atoms with Crippen LogP contribution in [0.5, 0.6) is 0 Å². The molecule has 0 radical (unpaired) electrons. The van der Waals surface area contributed by atoms with Crippen molar-refractivity contribution in [3.05, 3.63) is 41.6 Å². The van der Waals surface area contributed by atoms with Crippen LogP contribution >= 0.6 is 11.6 Å². The number of fused-ring (bicyclic) bond motifs is 1. The number of H-pyrrole nitrogens is 1. The second-order valence-electron chi connectivity index (χ2n) is 3.66. The number of hydrogen-bond donors (Lipinski definition) is 2. The Morgan fingerprint density at radius 1 is 1.18 bits per heavy atom. The minimum absolute atomic E-state index is 0.447. The highest BCUT2D eigenvalue weighted by Crippen LogP contribution is 2.27. The number of nitrogens with zero attached hydrogens (tertiary/aromatic N) is 2. The van der Waals surface area contributed by atoms with Crippen molar-refractivity contribution >= 4 is 28.5 Å². The maximum Gasteiger partial charge on any atom is 0.142 e. The number of pyridine rings is 1. The lowest BCUT2D eigenvalue weighted by atomic mass is 10.2. The van der Waals surface area contributed by atoms with Crippen LogP contribution < -0.4 is 5.73 Å². The topological polar surface area (TPSA) is 67.6 Å². The minimum Gasteiger partial charge on any atom is -0.383 e. The van der Waals surface area contributed by atoms with E-state index in [9.17, 15) is 0 Å². The van der Waals surface area contributed by atoms with Gasteiger partial charge < -0.3 is 10.7 Å². The van der Waals surface area contributed by atoms with Gasteiger partial charge in [-0.25, -0.2) is 9.97 Å². The summed E-state index contributed by atoms with van der Waals surface area (Å²) in [6.45, 7) is 0. The van der Waals surface area contributed by atoms with Crippen LogP contribution in [0, 0.1) is 0 Å². The van der Waals surface area contributed by atoms with Gasteiger partial charge in [0.25, 0.3) is 0 Å². The van der Waals surface area contributed by atoms with E-state index in [2.05, 4.69) is 15.0 Å². The SMILES string of the molecule is Nc1ncccc1-c1nc2c(Cl)cccc2[nH]1. The second-order valence-corrected chi connectivity index (χ2v) is 4.06. The van der Waals surface area contributed by atoms with Crippen LogP contribution in [0.3, 0.4) is 0 Å². The molecule has 0 fully saturated rings. The summed E-state index contributed by atoms with van der Waals surface area (Å²) in [6.07, 6.45) is 1.65. The summed E-state index contributed by atoms with van der Waals surface area (Å²) in [7, 11) is 0. The highest BCUT2D eigenvalue weighted by atomic mass is 35.5. The molecule has 3 N–H and O–H groups in total. The molecule has 0 atom stereocenters. The van der Waals surface area contributed by atoms with Gasteiger partial charge in [0.05, 0.1) is 16.1 Å². The van der Waals surface area contributed by atoms with E-state index in [0.29, 0.717) is 16.7 Å². The Labute approximate surface area is 102 Å². The quantitative estimate of drug-likeness (QED) is 0.692. The van der Waals surface area contributed by atoms with Gasteiger partial charge in [0.1, 0.15) is 17.2 Å². The van der Waals surface area contributed by atoms with E-state index in [4.69, 9.17) is 17.3 Å². The van der Waals surface area contributed by atoms with Crippen molar-refractivity contribution in [3.8, 4) is 11.4 Å². The lowest BCUT2D eigenvalue weighted by Crippen LogP contribution is -1.93. The first-order valence-electron chi connectivity index (χ1n) is 5.11. The Morgan fingerprint density at radius 2 is 2.06 bits per heavy atom. The molecule has 0 aliphatic rings. The van der Waals surface area contributed by atoms with E-state index in [1.54, 1.807) is 12.3 Å². The van der Waals surface area contributed by atoms with Gasteiger partial charge in [0.2, 0.25) is 0 Å². The number of nitrogen functional groups attached to an aromatic ring is 1. The van der Waals surface area contributed by atoms with Crippen LogP contribution in [0.25, 0.3) is 22.4 Å². The summed E-state index contributed by atoms with van der Waals surface area (Å²) >= 11 is 6.07. The summed E-state index contributed by atoms with van der Waals surface area (Å²) in [5.41, 5.74) is 8.21. The molecule has 0 aliphatic carbocycles. The number of aromatic nitrogens is 3. The number of rotatable bonds is 1. The van der Waals surface area contributed by atoms with E-state index in [1.807, 2.05) is 24.3 Å². The first-order valence-corrected chi connectivity index (χ1v) is 5.48. The van der Waals surface area contributed by atoms with Crippen molar-refractivity contribution in [3.63, 3.8) is 0 Å². The lowest BCUT2D eigenvalue weighted by Gasteiger charge is -1.98. The second kappa shape index (κ2) is 3.75. The number of para-hydroxylation sites is 1. The fourth-order valence-electron chi connectivity index (χ4n) is 1.74. The number of hydrogen-bond acceptors (Lipinski definition) is 3. The predicted molar refractivity (Wildman–Crippen MR) is 68.7 cm³/mol. The molecule has 3 aromatic rings. The van der Waals surface area contributed by atoms with E-state index in [1.165, 1.54) is 0 Å². The Morgan fingerprint density at radius 3 is 2.82 bits per heavy atom. The smallest absolute Gasteiger partial charge is 0.142 e. The molecule has 0 bridgehead atoms. The van der Waals surface area contributed by atoms with Gasteiger partial charge in [-0.1, -0.05) is 17.7 Å². The van der Waals surface area contributed by atoms with Crippen LogP contribution in [0.2, 0.25) is 5.02 Å². The van der Waals surface area contributed by atoms with Gasteiger partial charge in [-0.3, -0.25) is 0 Å². The number of imidazole rings is 1. The van der Waals surface area contributed by atoms with Crippen molar-refractivity contribution in [2.24, 2.45) is 0 Å². The lowest BCUT2D eigenvalue weighted by molar-refractivity contribution is 1.28. The first-order chi connectivity index (χ1) is 8.25. The zero-order valence-corrected chi connectivity index (χ0v) is 9.57. The number of nitrogens with two attached hydrogens (primary N) is 1. The normalized spacial score (nSPS) is 10.9. The molecule has 3 rings (SSSR count). The highest BCUT2D eigenvalue weighted by molar-refractivity contribution is 6.35. The summed E-state index contributed by atoms with van der Waals surface area (Å²) in [4.78, 5) is 11.6. The molecular weight excluding hydrogens is 236 g/mol. The van der Waals surface area contributed by atoms with Gasteiger partial charge in [0.15, 0.2) is 0 Å². The minimum atomic E-state index is 0.447. The maximum absolute atomic E-state index is 6.07. The number of aromatic amines is 1. The molecular formula is C12H9ClN4. The summed E-state index contributed by atoms with van der Waals surface area (Å²) in [5, 5.41) is 0.618. The molecule has 2 aromatic heterocycles. The number of anilines is 1. The zero-order valence-electron chi connectivity index (χ0n) is 8.81. The Balaban J connectivity index is 2.26. The van der Waals surface area contributed by atoms with E-state index in [-0.39, 0.29) is 0 Å². The highest BCUT2D eigenvalue weighted by Gasteiger charge is 2.10. The molecule has 0 aliphatic heterocycles. The molecule has 0 saturated carbocycles. The molecule has 0 amide bonds. The largest absolute Gasteiger partial charge is 0.383 e. The third kappa shape index (κ3) is 1.62. The number of benzene rings is 1. The Hall–Kier alpha value is -2.07. The van der Waals surface area contributed by atoms with Gasteiger partial charge >= 0.3 is 0 Å². The molecule has 2 heterocycles. The standard InChI is InChI=1S/C12H9ClN4/c13-8-4-1-5-9-10(8)17-12(16-9)7-3-2-6-15-11(7)14/h1-6H,(H2,14,15)(H,16,17). The van der Waals surface area contributed by atoms with Crippen molar-refractivity contribution in [1.29, 1.82) is 0 Å². The monoisotopic (exact) mass is 244 g/mol. The predicted octanol–water partition coefficient (Wildman–Crippen LogP) is 2.86. The number of nitrogens with one attached hydrogen (secondary N) is 1. The van der Waals surface area contributed by atoms with Crippen molar-refractivity contribution < 1.29 is 0 Å². The molecule has 0 saturated heterocycles. The van der Waals surface area contributed by atoms with Gasteiger partial charge in [0, 0.05) is 6.20 Å². The molecule has 5 heteroatoms. The first kappa shape index (κ1) is 10.1. The van der Waals surface area contributed by atoms with Crippen LogP contribution in [-0.4, -0.2) is 15.0 Å². The van der Waals surface area contributed by atoms with E-state index < -0.39 is 0 Å². The average Bonchev–Trinajstić information content (AvgIpc) is 2.75. The molecule has 0 unspecified atom stereocenters. The van der Waals surface area contributed by atoms with Crippen molar-refractivity contribution in [1.82, 2.24) is 15.0 Å². The summed E-state index contributed by atoms with van der Waals surface area (Å²) in [6, 6.07) is 9.29. The van der Waals surface area contributed by atoms with Gasteiger partial charge in [-0.2, -0.15) is 0 Å². The van der Waals surface area contributed by atoms with E-state index >= 15 is 0 Å². The van der Waals surface area contributed by atoms with Crippen LogP contribution in [0.4, 0.5) is 5.82 Å². The molecule has 84 valence electrons. The van der Waals surface area contributed by atoms with Crippen LogP contribution in [0.1, 0.15) is 0 Å². The molecule has 17 heavy (non-hydrogen) atoms. The molecule has 0 spiro atoms. The fraction of sp³-hybridized carbons (Fsp3) is 0. The number of halogens is 1. The summed E-state index contributed by atoms with van der Waals surface area (Å²) < 4.78 is 0. The van der Waals surface area contributed by atoms with Gasteiger partial charge in [-0.05, 0) is 24.3 Å². The third-order valence-corrected chi connectivity index (χ3v) is 2.86. The van der Waals surface area contributed by atoms with Crippen LogP contribution in [-0.2, 0) is 0 Å². The Bertz CT molecular complexity index is 690. The third-order valence-electron chi connectivity index (χ3n) is 2.56. The van der Waals surface area contributed by atoms with Crippen LogP contribution in [0.15, 0.2) is 36.5 Å². The zero-order chi connectivity index (χ0) is 11.8. The molecule has 1 aromatic carbocycles. The molecule has 4 nitrogen and oxygen atoms in total. The maximum atomic E-state index is 6.07. The Kier molecular flexibility index (Phi) is 2.23.